The number of nitro groups is 1. The number of rotatable bonds is 4. The zero-order chi connectivity index (χ0) is 13.8. The summed E-state index contributed by atoms with van der Waals surface area (Å²) < 4.78 is 0. The fourth-order valence-corrected chi connectivity index (χ4v) is 1.91. The Balaban J connectivity index is 2.54. The quantitative estimate of drug-likeness (QED) is 0.512. The lowest BCUT2D eigenvalue weighted by Crippen LogP contribution is -2.09. The van der Waals surface area contributed by atoms with Crippen LogP contribution in [-0.2, 0) is 0 Å². The Bertz CT molecular complexity index is 707. The predicted octanol–water partition coefficient (Wildman–Crippen LogP) is 2.77. The Morgan fingerprint density at radius 3 is 2.89 bits per heavy atom. The van der Waals surface area contributed by atoms with Gasteiger partial charge in [0, 0.05) is 5.52 Å². The molecule has 0 atom stereocenters. The van der Waals surface area contributed by atoms with Gasteiger partial charge in [-0.05, 0) is 29.9 Å². The van der Waals surface area contributed by atoms with Crippen molar-refractivity contribution in [1.29, 1.82) is 0 Å². The van der Waals surface area contributed by atoms with Crippen molar-refractivity contribution in [3.63, 3.8) is 0 Å². The molecule has 0 amide bonds. The van der Waals surface area contributed by atoms with Crippen LogP contribution in [0.3, 0.4) is 0 Å². The van der Waals surface area contributed by atoms with E-state index in [-0.39, 0.29) is 0 Å². The maximum Gasteiger partial charge on any atom is 0.332 e. The third-order valence-electron chi connectivity index (χ3n) is 2.69. The number of aromatic nitrogens is 1. The summed E-state index contributed by atoms with van der Waals surface area (Å²) in [6.45, 7) is 0. The molecule has 0 radical (unpaired) electrons. The number of hydrogen-bond acceptors (Lipinski definition) is 4. The molecule has 6 heteroatoms. The van der Waals surface area contributed by atoms with Crippen LogP contribution in [0, 0.1) is 10.1 Å². The fourth-order valence-electron chi connectivity index (χ4n) is 1.76. The van der Waals surface area contributed by atoms with Crippen LogP contribution in [0.4, 0.5) is 5.69 Å². The van der Waals surface area contributed by atoms with Crippen LogP contribution in [0.2, 0.25) is 0 Å². The van der Waals surface area contributed by atoms with Crippen molar-refractivity contribution in [3.05, 3.63) is 56.4 Å². The van der Waals surface area contributed by atoms with E-state index in [1.165, 1.54) is 0 Å². The topological polar surface area (TPSA) is 76.0 Å². The molecule has 0 aliphatic rings. The van der Waals surface area contributed by atoms with Gasteiger partial charge < -0.3 is 4.98 Å². The van der Waals surface area contributed by atoms with Gasteiger partial charge in [-0.25, -0.2) is 0 Å². The maximum absolute atomic E-state index is 12.0. The fraction of sp³-hybridized carbons (Fsp3) is 0.154. The summed E-state index contributed by atoms with van der Waals surface area (Å²) in [5, 5.41) is 11.0. The summed E-state index contributed by atoms with van der Waals surface area (Å²) in [7, 11) is 0. The summed E-state index contributed by atoms with van der Waals surface area (Å²) in [4.78, 5) is 24.8. The van der Waals surface area contributed by atoms with Crippen molar-refractivity contribution < 1.29 is 4.92 Å². The van der Waals surface area contributed by atoms with Crippen molar-refractivity contribution in [2.24, 2.45) is 0 Å². The van der Waals surface area contributed by atoms with Crippen molar-refractivity contribution in [1.82, 2.24) is 4.98 Å². The van der Waals surface area contributed by atoms with Gasteiger partial charge in [0.25, 0.3) is 5.43 Å². The third kappa shape index (κ3) is 2.85. The first-order valence-corrected chi connectivity index (χ1v) is 6.34. The molecule has 98 valence electrons. The Hall–Kier alpha value is -2.08. The van der Waals surface area contributed by atoms with Gasteiger partial charge in [0.1, 0.15) is 0 Å². The molecular weight excluding hydrogens is 264 g/mol. The number of thiol groups is 1. The van der Waals surface area contributed by atoms with Crippen molar-refractivity contribution in [3.8, 4) is 0 Å². The minimum absolute atomic E-state index is 0.322. The number of aromatic amines is 1. The molecule has 1 aromatic heterocycles. The van der Waals surface area contributed by atoms with Gasteiger partial charge in [0.15, 0.2) is 0 Å². The minimum atomic E-state index is -0.679. The lowest BCUT2D eigenvalue weighted by Gasteiger charge is -1.99. The van der Waals surface area contributed by atoms with Crippen molar-refractivity contribution in [2.45, 2.75) is 6.42 Å². The zero-order valence-corrected chi connectivity index (χ0v) is 10.9. The number of allylic oxidation sites excluding steroid dienone is 1. The summed E-state index contributed by atoms with van der Waals surface area (Å²) in [6.07, 6.45) is 5.77. The van der Waals surface area contributed by atoms with Crippen LogP contribution >= 0.6 is 12.6 Å². The highest BCUT2D eigenvalue weighted by atomic mass is 32.1. The standard InChI is InChI=1S/C13H12N2O3S/c16-13-10-7-9(3-1-2-6-19)4-5-11(10)14-8-12(13)15(17)18/h1,3-5,7-8,19H,2,6H2,(H,14,16). The van der Waals surface area contributed by atoms with E-state index in [0.717, 1.165) is 23.9 Å². The average molecular weight is 276 g/mol. The Labute approximate surface area is 114 Å². The number of pyridine rings is 1. The second-order valence-electron chi connectivity index (χ2n) is 3.98. The normalized spacial score (nSPS) is 11.2. The molecule has 2 rings (SSSR count). The smallest absolute Gasteiger partial charge is 0.332 e. The number of benzene rings is 1. The largest absolute Gasteiger partial charge is 0.355 e. The van der Waals surface area contributed by atoms with E-state index in [1.807, 2.05) is 18.2 Å². The van der Waals surface area contributed by atoms with E-state index in [1.54, 1.807) is 12.1 Å². The molecule has 0 spiro atoms. The monoisotopic (exact) mass is 276 g/mol. The molecule has 0 aliphatic heterocycles. The molecule has 0 unspecified atom stereocenters. The highest BCUT2D eigenvalue weighted by Crippen LogP contribution is 2.15. The molecule has 1 N–H and O–H groups in total. The van der Waals surface area contributed by atoms with Gasteiger partial charge in [-0.2, -0.15) is 12.6 Å². The van der Waals surface area contributed by atoms with Gasteiger partial charge in [-0.3, -0.25) is 14.9 Å². The van der Waals surface area contributed by atoms with Crippen LogP contribution in [-0.4, -0.2) is 15.7 Å². The molecule has 5 nitrogen and oxygen atoms in total. The zero-order valence-electron chi connectivity index (χ0n) is 10.00. The van der Waals surface area contributed by atoms with Gasteiger partial charge >= 0.3 is 5.69 Å². The average Bonchev–Trinajstić information content (AvgIpc) is 2.39. The Morgan fingerprint density at radius 1 is 1.42 bits per heavy atom. The van der Waals surface area contributed by atoms with Gasteiger partial charge in [-0.15, -0.1) is 0 Å². The molecule has 2 aromatic rings. The first-order chi connectivity index (χ1) is 9.13. The van der Waals surface area contributed by atoms with Crippen LogP contribution in [0.25, 0.3) is 17.0 Å². The summed E-state index contributed by atoms with van der Waals surface area (Å²) in [6, 6.07) is 5.23. The first kappa shape index (κ1) is 13.4. The van der Waals surface area contributed by atoms with Crippen LogP contribution in [0.1, 0.15) is 12.0 Å². The number of H-pyrrole nitrogens is 1. The van der Waals surface area contributed by atoms with Crippen LogP contribution in [0.5, 0.6) is 0 Å². The van der Waals surface area contributed by atoms with E-state index in [9.17, 15) is 14.9 Å². The maximum atomic E-state index is 12.0. The summed E-state index contributed by atoms with van der Waals surface area (Å²) in [5.41, 5.74) is 0.411. The molecule has 0 fully saturated rings. The van der Waals surface area contributed by atoms with Gasteiger partial charge in [0.05, 0.1) is 16.5 Å². The second-order valence-corrected chi connectivity index (χ2v) is 4.43. The second kappa shape index (κ2) is 5.71. The van der Waals surface area contributed by atoms with Crippen molar-refractivity contribution in [2.75, 3.05) is 5.75 Å². The number of fused-ring (bicyclic) bond motifs is 1. The van der Waals surface area contributed by atoms with Gasteiger partial charge in [-0.1, -0.05) is 18.2 Å². The molecule has 0 saturated heterocycles. The van der Waals surface area contributed by atoms with E-state index < -0.39 is 16.0 Å². The van der Waals surface area contributed by atoms with E-state index in [0.29, 0.717) is 10.9 Å². The molecule has 0 bridgehead atoms. The Morgan fingerprint density at radius 2 is 2.21 bits per heavy atom. The lowest BCUT2D eigenvalue weighted by atomic mass is 10.1. The highest BCUT2D eigenvalue weighted by molar-refractivity contribution is 7.80. The van der Waals surface area contributed by atoms with Crippen LogP contribution < -0.4 is 5.43 Å². The summed E-state index contributed by atoms with van der Waals surface area (Å²) in [5.74, 6) is 0.746. The Kier molecular flexibility index (Phi) is 4.01. The van der Waals surface area contributed by atoms with E-state index in [4.69, 9.17) is 0 Å². The van der Waals surface area contributed by atoms with E-state index >= 15 is 0 Å². The minimum Gasteiger partial charge on any atom is -0.355 e. The molecule has 0 saturated carbocycles. The predicted molar refractivity (Wildman–Crippen MR) is 78.7 cm³/mol. The van der Waals surface area contributed by atoms with Crippen LogP contribution in [0.15, 0.2) is 35.3 Å². The lowest BCUT2D eigenvalue weighted by molar-refractivity contribution is -0.386. The number of hydrogen-bond donors (Lipinski definition) is 2. The number of nitrogens with one attached hydrogen (secondary N) is 1. The molecule has 1 aromatic carbocycles. The van der Waals surface area contributed by atoms with Crippen molar-refractivity contribution >= 4 is 35.3 Å². The molecular formula is C13H12N2O3S. The van der Waals surface area contributed by atoms with E-state index in [2.05, 4.69) is 17.6 Å². The molecule has 0 aliphatic carbocycles. The van der Waals surface area contributed by atoms with Gasteiger partial charge in [0.2, 0.25) is 0 Å². The number of nitrogens with zero attached hydrogens (tertiary/aromatic N) is 1. The molecule has 1 heterocycles. The first-order valence-electron chi connectivity index (χ1n) is 5.70. The molecule has 19 heavy (non-hydrogen) atoms. The third-order valence-corrected chi connectivity index (χ3v) is 2.95. The summed E-state index contributed by atoms with van der Waals surface area (Å²) >= 11 is 4.10. The SMILES string of the molecule is O=c1c([N+](=O)[O-])c[nH]c2ccc(C=CCCS)cc12. The highest BCUT2D eigenvalue weighted by Gasteiger charge is 2.14.